The number of pyridine rings is 2. The second kappa shape index (κ2) is 14.7. The first-order chi connectivity index (χ1) is 27.0. The van der Waals surface area contributed by atoms with Crippen molar-refractivity contribution < 1.29 is 61.5 Å². The monoisotopic (exact) mass is 820 g/mol. The van der Waals surface area contributed by atoms with E-state index < -0.39 is 47.2 Å². The minimum atomic E-state index is -6.72. The number of benzene rings is 4. The van der Waals surface area contributed by atoms with Crippen LogP contribution in [0.25, 0.3) is 43.8 Å². The average Bonchev–Trinajstić information content (AvgIpc) is 3.16. The quantitative estimate of drug-likeness (QED) is 0.124. The van der Waals surface area contributed by atoms with E-state index in [9.17, 15) is 61.5 Å². The third-order valence-corrected chi connectivity index (χ3v) is 9.08. The molecule has 0 bridgehead atoms. The largest absolute Gasteiger partial charge is 0.461 e. The van der Waals surface area contributed by atoms with Gasteiger partial charge in [-0.25, -0.2) is 0 Å². The molecule has 0 unspecified atom stereocenters. The van der Waals surface area contributed by atoms with Crippen LogP contribution in [0.4, 0.5) is 61.5 Å². The van der Waals surface area contributed by atoms with Crippen molar-refractivity contribution in [3.8, 4) is 45.9 Å². The summed E-state index contributed by atoms with van der Waals surface area (Å²) in [7, 11) is 0. The van der Waals surface area contributed by atoms with Gasteiger partial charge in [-0.2, -0.15) is 61.5 Å². The van der Waals surface area contributed by atoms with Crippen LogP contribution >= 0.6 is 0 Å². The number of alkyl halides is 14. The maximum atomic E-state index is 14.4. The zero-order valence-electron chi connectivity index (χ0n) is 29.2. The van der Waals surface area contributed by atoms with Gasteiger partial charge in [0.15, 0.2) is 0 Å². The second-order valence-electron chi connectivity index (χ2n) is 12.9. The number of hydrogen-bond acceptors (Lipinski definition) is 2. The Bertz CT molecular complexity index is 2650. The van der Waals surface area contributed by atoms with E-state index in [1.807, 2.05) is 24.3 Å². The van der Waals surface area contributed by atoms with E-state index in [4.69, 9.17) is 0 Å². The van der Waals surface area contributed by atoms with Gasteiger partial charge in [0.1, 0.15) is 0 Å². The van der Waals surface area contributed by atoms with Crippen molar-refractivity contribution in [3.05, 3.63) is 131 Å². The zero-order chi connectivity index (χ0) is 42.5. The molecular formula is C42H22F14N2. The topological polar surface area (TPSA) is 25.8 Å². The van der Waals surface area contributed by atoms with Gasteiger partial charge in [0.25, 0.3) is 0 Å². The molecule has 6 aromatic rings. The predicted octanol–water partition coefficient (Wildman–Crippen LogP) is 12.4. The number of fused-ring (bicyclic) bond motifs is 2. The maximum Gasteiger partial charge on any atom is 0.461 e. The summed E-state index contributed by atoms with van der Waals surface area (Å²) in [5.74, 6) is -20.7. The van der Waals surface area contributed by atoms with Gasteiger partial charge in [-0.05, 0) is 128 Å². The Labute approximate surface area is 319 Å². The second-order valence-corrected chi connectivity index (χ2v) is 12.9. The Balaban J connectivity index is 1.60. The highest BCUT2D eigenvalue weighted by atomic mass is 19.4. The highest BCUT2D eigenvalue weighted by molar-refractivity contribution is 6.06. The maximum absolute atomic E-state index is 14.4. The number of halogens is 14. The van der Waals surface area contributed by atoms with Gasteiger partial charge in [0.2, 0.25) is 0 Å². The molecule has 0 spiro atoms. The van der Waals surface area contributed by atoms with E-state index in [1.54, 1.807) is 67.0 Å². The molecule has 2 nitrogen and oxygen atoms in total. The van der Waals surface area contributed by atoms with E-state index in [0.717, 1.165) is 41.0 Å². The molecule has 0 atom stereocenters. The molecule has 58 heavy (non-hydrogen) atoms. The molecule has 0 saturated carbocycles. The fourth-order valence-corrected chi connectivity index (χ4v) is 6.21. The third-order valence-electron chi connectivity index (χ3n) is 9.08. The molecule has 298 valence electrons. The normalized spacial score (nSPS) is 12.9. The first kappa shape index (κ1) is 41.5. The minimum Gasteiger partial charge on any atom is -0.265 e. The highest BCUT2D eigenvalue weighted by Crippen LogP contribution is 2.48. The van der Waals surface area contributed by atoms with Crippen molar-refractivity contribution in [2.75, 3.05) is 0 Å². The van der Waals surface area contributed by atoms with E-state index in [-0.39, 0.29) is 22.8 Å². The lowest BCUT2D eigenvalue weighted by atomic mass is 9.85. The molecule has 6 rings (SSSR count). The van der Waals surface area contributed by atoms with E-state index in [0.29, 0.717) is 34.1 Å². The van der Waals surface area contributed by atoms with E-state index in [2.05, 4.69) is 9.97 Å². The van der Waals surface area contributed by atoms with Crippen molar-refractivity contribution in [2.45, 2.75) is 49.4 Å². The number of aromatic nitrogens is 2. The van der Waals surface area contributed by atoms with Crippen molar-refractivity contribution in [1.29, 1.82) is 0 Å². The van der Waals surface area contributed by atoms with Gasteiger partial charge in [-0.15, -0.1) is 0 Å². The van der Waals surface area contributed by atoms with Crippen LogP contribution in [0.2, 0.25) is 0 Å². The van der Waals surface area contributed by atoms with Crippen molar-refractivity contribution in [1.82, 2.24) is 9.97 Å². The number of nitrogens with zero attached hydrogens (tertiary/aromatic N) is 2. The highest BCUT2D eigenvalue weighted by Gasteiger charge is 2.73. The lowest BCUT2D eigenvalue weighted by Crippen LogP contribution is -2.51. The number of rotatable bonds is 6. The molecule has 0 N–H and O–H groups in total. The Morgan fingerprint density at radius 2 is 1.03 bits per heavy atom. The van der Waals surface area contributed by atoms with Crippen LogP contribution < -0.4 is 0 Å². The van der Waals surface area contributed by atoms with Crippen molar-refractivity contribution in [3.63, 3.8) is 0 Å². The van der Waals surface area contributed by atoms with Crippen molar-refractivity contribution >= 4 is 21.5 Å². The minimum absolute atomic E-state index is 0.0173. The predicted molar refractivity (Wildman–Crippen MR) is 188 cm³/mol. The van der Waals surface area contributed by atoms with E-state index >= 15 is 0 Å². The van der Waals surface area contributed by atoms with Gasteiger partial charge in [-0.1, -0.05) is 48.2 Å². The summed E-state index contributed by atoms with van der Waals surface area (Å²) in [4.78, 5) is 8.13. The van der Waals surface area contributed by atoms with Crippen LogP contribution in [-0.4, -0.2) is 46.0 Å². The van der Waals surface area contributed by atoms with Crippen LogP contribution in [0.3, 0.4) is 0 Å². The summed E-state index contributed by atoms with van der Waals surface area (Å²) < 4.78 is 190. The average molecular weight is 821 g/mol. The Hall–Kier alpha value is -6.16. The molecule has 16 heteroatoms. The van der Waals surface area contributed by atoms with Gasteiger partial charge in [-0.3, -0.25) is 9.97 Å². The summed E-state index contributed by atoms with van der Waals surface area (Å²) in [6.07, 6.45) is -7.22. The summed E-state index contributed by atoms with van der Waals surface area (Å²) in [5.41, 5.74) is 2.22. The van der Waals surface area contributed by atoms with E-state index in [1.165, 1.54) is 12.1 Å². The molecule has 0 radical (unpaired) electrons. The molecule has 0 aliphatic heterocycles. The molecule has 2 aromatic heterocycles. The van der Waals surface area contributed by atoms with Gasteiger partial charge in [0, 0.05) is 35.9 Å². The molecule has 0 fully saturated rings. The summed E-state index contributed by atoms with van der Waals surface area (Å²) in [6.45, 7) is 1.04. The third kappa shape index (κ3) is 7.51. The standard InChI is InChI=1S/C42H22F14N2/c1-24-20-28(8-14-37(43,44)39(47,48)41(51,52)53)31-7-6-25(22-35(31)30(24)9-15-38(45,46)40(49,50)42(54,55)56)21-29-23-34(26-10-16-57-17-11-26)32-4-2-3-5-33(32)36(29)27-12-18-58-19-13-27/h2-7,10-13,16-20,22-23H,21H2,1H3. The summed E-state index contributed by atoms with van der Waals surface area (Å²) in [6, 6.07) is 20.7. The zero-order valence-corrected chi connectivity index (χ0v) is 29.2. The molecule has 0 saturated heterocycles. The SMILES string of the molecule is Cc1cc(C#CC(F)(F)C(F)(F)C(F)(F)F)c2ccc(Cc3cc(-c4ccncc4)c4ccccc4c3-c3ccncc3)cc2c1C#CC(F)(F)C(F)(F)C(F)(F)F. The van der Waals surface area contributed by atoms with Crippen LogP contribution in [0.15, 0.2) is 104 Å². The summed E-state index contributed by atoms with van der Waals surface area (Å²) in [5, 5.41) is 0.868. The van der Waals surface area contributed by atoms with Crippen LogP contribution in [0.1, 0.15) is 27.8 Å². The first-order valence-electron chi connectivity index (χ1n) is 16.6. The molecule has 2 heterocycles. The molecule has 4 aromatic carbocycles. The number of aryl methyl sites for hydroxylation is 1. The molecule has 0 aliphatic carbocycles. The van der Waals surface area contributed by atoms with Gasteiger partial charge in [0.05, 0.1) is 0 Å². The van der Waals surface area contributed by atoms with Gasteiger partial charge >= 0.3 is 36.0 Å². The van der Waals surface area contributed by atoms with Crippen LogP contribution in [0.5, 0.6) is 0 Å². The fourth-order valence-electron chi connectivity index (χ4n) is 6.21. The molecule has 0 aliphatic rings. The van der Waals surface area contributed by atoms with Crippen LogP contribution in [0, 0.1) is 30.6 Å². The van der Waals surface area contributed by atoms with Crippen LogP contribution in [-0.2, 0) is 6.42 Å². The smallest absolute Gasteiger partial charge is 0.265 e. The first-order valence-corrected chi connectivity index (χ1v) is 16.6. The lowest BCUT2D eigenvalue weighted by Gasteiger charge is -2.24. The Kier molecular flexibility index (Phi) is 10.5. The van der Waals surface area contributed by atoms with Gasteiger partial charge < -0.3 is 0 Å². The molecular weight excluding hydrogens is 798 g/mol. The Morgan fingerprint density at radius 1 is 0.517 bits per heavy atom. The Morgan fingerprint density at radius 3 is 1.59 bits per heavy atom. The number of hydrogen-bond donors (Lipinski definition) is 0. The lowest BCUT2D eigenvalue weighted by molar-refractivity contribution is -0.339. The summed E-state index contributed by atoms with van der Waals surface area (Å²) >= 11 is 0. The van der Waals surface area contributed by atoms with Crippen molar-refractivity contribution in [2.24, 2.45) is 0 Å². The fraction of sp³-hybridized carbons (Fsp3) is 0.190. The molecule has 0 amide bonds.